The van der Waals surface area contributed by atoms with Crippen LogP contribution in [0.25, 0.3) is 0 Å². The van der Waals surface area contributed by atoms with Gasteiger partial charge in [-0.15, -0.1) is 0 Å². The Balaban J connectivity index is 2.27. The molecule has 0 saturated carbocycles. The van der Waals surface area contributed by atoms with Crippen molar-refractivity contribution in [2.24, 2.45) is 0 Å². The topological polar surface area (TPSA) is 17.8 Å². The number of hydrogen-bond acceptors (Lipinski definition) is 1. The minimum atomic E-state index is 0.762. The summed E-state index contributed by atoms with van der Waals surface area (Å²) < 4.78 is 3.07. The predicted octanol–water partition coefficient (Wildman–Crippen LogP) is 3.96. The number of benzene rings is 1. The van der Waals surface area contributed by atoms with Crippen molar-refractivity contribution in [1.29, 1.82) is 0 Å². The van der Waals surface area contributed by atoms with Crippen LogP contribution >= 0.6 is 27.5 Å². The first-order chi connectivity index (χ1) is 7.58. The van der Waals surface area contributed by atoms with Gasteiger partial charge in [0.25, 0.3) is 0 Å². The Morgan fingerprint density at radius 1 is 1.25 bits per heavy atom. The number of aromatic nitrogens is 2. The standard InChI is InChI=1S/C12H12BrClN2/c1-8-12(13)9(2)16(15-8)7-10-3-5-11(14)6-4-10/h3-6H,7H2,1-2H3. The fourth-order valence-electron chi connectivity index (χ4n) is 1.59. The molecular weight excluding hydrogens is 288 g/mol. The first kappa shape index (κ1) is 11.7. The van der Waals surface area contributed by atoms with E-state index in [4.69, 9.17) is 11.6 Å². The van der Waals surface area contributed by atoms with Gasteiger partial charge in [0.15, 0.2) is 0 Å². The summed E-state index contributed by atoms with van der Waals surface area (Å²) in [5.74, 6) is 0. The van der Waals surface area contributed by atoms with Gasteiger partial charge in [-0.05, 0) is 47.5 Å². The number of aryl methyl sites for hydroxylation is 1. The Kier molecular flexibility index (Phi) is 3.36. The maximum Gasteiger partial charge on any atom is 0.0738 e. The monoisotopic (exact) mass is 298 g/mol. The van der Waals surface area contributed by atoms with Gasteiger partial charge in [-0.3, -0.25) is 4.68 Å². The van der Waals surface area contributed by atoms with E-state index in [1.54, 1.807) is 0 Å². The van der Waals surface area contributed by atoms with Crippen LogP contribution in [0.2, 0.25) is 5.02 Å². The van der Waals surface area contributed by atoms with Crippen LogP contribution in [0.4, 0.5) is 0 Å². The first-order valence-corrected chi connectivity index (χ1v) is 6.19. The van der Waals surface area contributed by atoms with E-state index in [1.807, 2.05) is 35.9 Å². The molecule has 0 amide bonds. The van der Waals surface area contributed by atoms with Crippen molar-refractivity contribution in [3.8, 4) is 0 Å². The molecule has 4 heteroatoms. The molecule has 0 aliphatic rings. The predicted molar refractivity (Wildman–Crippen MR) is 70.0 cm³/mol. The highest BCUT2D eigenvalue weighted by molar-refractivity contribution is 9.10. The zero-order valence-electron chi connectivity index (χ0n) is 9.17. The summed E-state index contributed by atoms with van der Waals surface area (Å²) in [6, 6.07) is 7.84. The molecule has 0 fully saturated rings. The number of nitrogens with zero attached hydrogens (tertiary/aromatic N) is 2. The highest BCUT2D eigenvalue weighted by Gasteiger charge is 2.08. The van der Waals surface area contributed by atoms with Crippen molar-refractivity contribution >= 4 is 27.5 Å². The Labute approximate surface area is 108 Å². The van der Waals surface area contributed by atoms with Crippen molar-refractivity contribution in [2.75, 3.05) is 0 Å². The molecule has 0 N–H and O–H groups in total. The quantitative estimate of drug-likeness (QED) is 0.820. The van der Waals surface area contributed by atoms with Gasteiger partial charge >= 0.3 is 0 Å². The molecule has 0 aliphatic heterocycles. The molecule has 84 valence electrons. The zero-order valence-corrected chi connectivity index (χ0v) is 11.5. The molecule has 0 unspecified atom stereocenters. The summed E-state index contributed by atoms with van der Waals surface area (Å²) >= 11 is 9.37. The third-order valence-corrected chi connectivity index (χ3v) is 3.94. The lowest BCUT2D eigenvalue weighted by Gasteiger charge is -2.04. The van der Waals surface area contributed by atoms with Crippen LogP contribution in [0.5, 0.6) is 0 Å². The van der Waals surface area contributed by atoms with Crippen LogP contribution < -0.4 is 0 Å². The van der Waals surface area contributed by atoms with Crippen molar-refractivity contribution in [3.05, 3.63) is 50.7 Å². The van der Waals surface area contributed by atoms with E-state index in [9.17, 15) is 0 Å². The molecule has 2 nitrogen and oxygen atoms in total. The van der Waals surface area contributed by atoms with Crippen LogP contribution in [-0.2, 0) is 6.54 Å². The molecular formula is C12H12BrClN2. The van der Waals surface area contributed by atoms with Gasteiger partial charge in [0.1, 0.15) is 0 Å². The zero-order chi connectivity index (χ0) is 11.7. The average Bonchev–Trinajstić information content (AvgIpc) is 2.50. The summed E-state index contributed by atoms with van der Waals surface area (Å²) in [6.07, 6.45) is 0. The van der Waals surface area contributed by atoms with Crippen molar-refractivity contribution in [1.82, 2.24) is 9.78 Å². The third-order valence-electron chi connectivity index (χ3n) is 2.54. The second kappa shape index (κ2) is 4.60. The van der Waals surface area contributed by atoms with E-state index in [0.29, 0.717) is 0 Å². The molecule has 2 aromatic rings. The highest BCUT2D eigenvalue weighted by atomic mass is 79.9. The van der Waals surface area contributed by atoms with E-state index in [0.717, 1.165) is 27.4 Å². The van der Waals surface area contributed by atoms with Crippen LogP contribution in [0, 0.1) is 13.8 Å². The Bertz CT molecular complexity index is 502. The van der Waals surface area contributed by atoms with Crippen LogP contribution in [-0.4, -0.2) is 9.78 Å². The molecule has 0 spiro atoms. The van der Waals surface area contributed by atoms with Crippen molar-refractivity contribution in [2.45, 2.75) is 20.4 Å². The summed E-state index contributed by atoms with van der Waals surface area (Å²) in [4.78, 5) is 0. The Hall–Kier alpha value is -0.800. The summed E-state index contributed by atoms with van der Waals surface area (Å²) in [5, 5.41) is 5.23. The smallest absolute Gasteiger partial charge is 0.0738 e. The fourth-order valence-corrected chi connectivity index (χ4v) is 2.00. The van der Waals surface area contributed by atoms with Gasteiger partial charge in [-0.1, -0.05) is 23.7 Å². The largest absolute Gasteiger partial charge is 0.264 e. The van der Waals surface area contributed by atoms with E-state index in [2.05, 4.69) is 28.0 Å². The molecule has 0 saturated heterocycles. The third kappa shape index (κ3) is 2.30. The normalized spacial score (nSPS) is 10.8. The van der Waals surface area contributed by atoms with Gasteiger partial charge < -0.3 is 0 Å². The van der Waals surface area contributed by atoms with Crippen LogP contribution in [0.1, 0.15) is 17.0 Å². The molecule has 2 rings (SSSR count). The average molecular weight is 300 g/mol. The second-order valence-electron chi connectivity index (χ2n) is 3.77. The molecule has 0 atom stereocenters. The fraction of sp³-hybridized carbons (Fsp3) is 0.250. The van der Waals surface area contributed by atoms with Crippen LogP contribution in [0.15, 0.2) is 28.7 Å². The van der Waals surface area contributed by atoms with Crippen LogP contribution in [0.3, 0.4) is 0 Å². The summed E-state index contributed by atoms with van der Waals surface area (Å²) in [6.45, 7) is 4.82. The number of rotatable bonds is 2. The van der Waals surface area contributed by atoms with Gasteiger partial charge in [-0.25, -0.2) is 0 Å². The molecule has 0 aliphatic carbocycles. The van der Waals surface area contributed by atoms with Crippen molar-refractivity contribution in [3.63, 3.8) is 0 Å². The van der Waals surface area contributed by atoms with E-state index in [-0.39, 0.29) is 0 Å². The van der Waals surface area contributed by atoms with Gasteiger partial charge in [0.2, 0.25) is 0 Å². The maximum absolute atomic E-state index is 5.85. The highest BCUT2D eigenvalue weighted by Crippen LogP contribution is 2.20. The van der Waals surface area contributed by atoms with Gasteiger partial charge in [-0.2, -0.15) is 5.10 Å². The second-order valence-corrected chi connectivity index (χ2v) is 5.00. The minimum Gasteiger partial charge on any atom is -0.264 e. The number of halogens is 2. The maximum atomic E-state index is 5.85. The molecule has 1 aromatic carbocycles. The Morgan fingerprint density at radius 2 is 1.88 bits per heavy atom. The SMILES string of the molecule is Cc1nn(Cc2ccc(Cl)cc2)c(C)c1Br. The molecule has 1 heterocycles. The summed E-state index contributed by atoms with van der Waals surface area (Å²) in [7, 11) is 0. The number of hydrogen-bond donors (Lipinski definition) is 0. The van der Waals surface area contributed by atoms with E-state index in [1.165, 1.54) is 5.56 Å². The first-order valence-electron chi connectivity index (χ1n) is 5.02. The summed E-state index contributed by atoms with van der Waals surface area (Å²) in [5.41, 5.74) is 3.36. The lowest BCUT2D eigenvalue weighted by Crippen LogP contribution is -2.03. The van der Waals surface area contributed by atoms with Gasteiger partial charge in [0.05, 0.1) is 22.4 Å². The van der Waals surface area contributed by atoms with Crippen molar-refractivity contribution < 1.29 is 0 Å². The minimum absolute atomic E-state index is 0.762. The van der Waals surface area contributed by atoms with E-state index < -0.39 is 0 Å². The molecule has 16 heavy (non-hydrogen) atoms. The van der Waals surface area contributed by atoms with E-state index >= 15 is 0 Å². The molecule has 0 bridgehead atoms. The molecule has 0 radical (unpaired) electrons. The Morgan fingerprint density at radius 3 is 2.38 bits per heavy atom. The lowest BCUT2D eigenvalue weighted by atomic mass is 10.2. The molecule has 1 aromatic heterocycles. The van der Waals surface area contributed by atoms with Gasteiger partial charge in [0, 0.05) is 5.02 Å². The lowest BCUT2D eigenvalue weighted by molar-refractivity contribution is 0.658.